The fourth-order valence-electron chi connectivity index (χ4n) is 2.40. The van der Waals surface area contributed by atoms with E-state index in [1.807, 2.05) is 0 Å². The molecule has 2 N–H and O–H groups in total. The molecule has 1 amide bonds. The number of aliphatic hydroxyl groups is 1. The Balaban J connectivity index is 2.41. The number of hydrogen-bond donors (Lipinski definition) is 2. The third-order valence-electron chi connectivity index (χ3n) is 3.34. The molecule has 1 atom stereocenters. The van der Waals surface area contributed by atoms with E-state index >= 15 is 0 Å². The number of rotatable bonds is 3. The standard InChI is InChI=1S/C12H17N3O3S/c1-7-9(10(19-2)14-12(18)13-7)11(17)15-5-3-4-8(15)6-16/h8,16H,3-6H2,1-2H3,(H,13,14,18). The van der Waals surface area contributed by atoms with Crippen molar-refractivity contribution >= 4 is 17.7 Å². The number of nitrogens with zero attached hydrogens (tertiary/aromatic N) is 2. The maximum Gasteiger partial charge on any atom is 0.346 e. The van der Waals surface area contributed by atoms with Crippen LogP contribution < -0.4 is 5.69 Å². The summed E-state index contributed by atoms with van der Waals surface area (Å²) >= 11 is 1.28. The van der Waals surface area contributed by atoms with Crippen LogP contribution in [0.25, 0.3) is 0 Å². The number of thioether (sulfide) groups is 1. The van der Waals surface area contributed by atoms with E-state index in [1.54, 1.807) is 18.1 Å². The topological polar surface area (TPSA) is 86.3 Å². The Morgan fingerprint density at radius 3 is 3.00 bits per heavy atom. The molecule has 1 aliphatic rings. The van der Waals surface area contributed by atoms with Crippen LogP contribution in [0.1, 0.15) is 28.9 Å². The van der Waals surface area contributed by atoms with Gasteiger partial charge in [-0.05, 0) is 26.0 Å². The number of carbonyl (C=O) groups excluding carboxylic acids is 1. The molecule has 104 valence electrons. The predicted molar refractivity (Wildman–Crippen MR) is 72.5 cm³/mol. The Bertz CT molecular complexity index is 544. The van der Waals surface area contributed by atoms with Gasteiger partial charge in [0.25, 0.3) is 5.91 Å². The number of aliphatic hydroxyl groups excluding tert-OH is 1. The zero-order chi connectivity index (χ0) is 14.0. The fourth-order valence-corrected chi connectivity index (χ4v) is 3.01. The Hall–Kier alpha value is -1.34. The number of aryl methyl sites for hydroxylation is 1. The van der Waals surface area contributed by atoms with Crippen LogP contribution in [-0.2, 0) is 0 Å². The molecule has 1 fully saturated rings. The van der Waals surface area contributed by atoms with E-state index in [2.05, 4.69) is 9.97 Å². The van der Waals surface area contributed by atoms with Crippen molar-refractivity contribution < 1.29 is 9.90 Å². The van der Waals surface area contributed by atoms with Crippen LogP contribution >= 0.6 is 11.8 Å². The molecule has 0 spiro atoms. The molecule has 1 saturated heterocycles. The summed E-state index contributed by atoms with van der Waals surface area (Å²) in [5.74, 6) is -0.165. The van der Waals surface area contributed by atoms with Crippen LogP contribution in [0.15, 0.2) is 9.82 Å². The van der Waals surface area contributed by atoms with Gasteiger partial charge >= 0.3 is 5.69 Å². The lowest BCUT2D eigenvalue weighted by molar-refractivity contribution is 0.0671. The summed E-state index contributed by atoms with van der Waals surface area (Å²) in [4.78, 5) is 32.0. The highest BCUT2D eigenvalue weighted by atomic mass is 32.2. The van der Waals surface area contributed by atoms with E-state index in [4.69, 9.17) is 0 Å². The number of likely N-dealkylation sites (tertiary alicyclic amines) is 1. The zero-order valence-electron chi connectivity index (χ0n) is 11.0. The first-order valence-corrected chi connectivity index (χ1v) is 7.37. The number of H-pyrrole nitrogens is 1. The van der Waals surface area contributed by atoms with Crippen LogP contribution in [0.2, 0.25) is 0 Å². The third kappa shape index (κ3) is 2.66. The highest BCUT2D eigenvalue weighted by molar-refractivity contribution is 7.98. The normalized spacial score (nSPS) is 18.9. The maximum atomic E-state index is 12.6. The largest absolute Gasteiger partial charge is 0.394 e. The van der Waals surface area contributed by atoms with E-state index in [9.17, 15) is 14.7 Å². The second kappa shape index (κ2) is 5.75. The van der Waals surface area contributed by atoms with Gasteiger partial charge in [0.05, 0.1) is 18.2 Å². The van der Waals surface area contributed by atoms with E-state index < -0.39 is 5.69 Å². The Labute approximate surface area is 115 Å². The second-order valence-corrected chi connectivity index (χ2v) is 5.32. The van der Waals surface area contributed by atoms with Gasteiger partial charge in [-0.15, -0.1) is 11.8 Å². The van der Waals surface area contributed by atoms with Crippen molar-refractivity contribution in [2.75, 3.05) is 19.4 Å². The Morgan fingerprint density at radius 1 is 1.63 bits per heavy atom. The summed E-state index contributed by atoms with van der Waals surface area (Å²) in [5, 5.41) is 9.74. The lowest BCUT2D eigenvalue weighted by atomic mass is 10.2. The third-order valence-corrected chi connectivity index (χ3v) is 4.02. The number of aromatic amines is 1. The van der Waals surface area contributed by atoms with Gasteiger partial charge in [-0.3, -0.25) is 4.79 Å². The second-order valence-electron chi connectivity index (χ2n) is 4.53. The molecule has 0 bridgehead atoms. The molecular formula is C12H17N3O3S. The van der Waals surface area contributed by atoms with Crippen LogP contribution in [-0.4, -0.2) is 51.3 Å². The van der Waals surface area contributed by atoms with Crippen molar-refractivity contribution in [2.45, 2.75) is 30.8 Å². The molecule has 0 radical (unpaired) electrons. The van der Waals surface area contributed by atoms with Gasteiger partial charge in [0.1, 0.15) is 5.03 Å². The molecule has 0 aliphatic carbocycles. The van der Waals surface area contributed by atoms with Gasteiger partial charge < -0.3 is 15.0 Å². The zero-order valence-corrected chi connectivity index (χ0v) is 11.8. The van der Waals surface area contributed by atoms with Crippen LogP contribution in [0.5, 0.6) is 0 Å². The Morgan fingerprint density at radius 2 is 2.37 bits per heavy atom. The molecule has 7 heteroatoms. The molecule has 1 aromatic rings. The molecular weight excluding hydrogens is 266 g/mol. The smallest absolute Gasteiger partial charge is 0.346 e. The molecule has 0 saturated carbocycles. The molecule has 6 nitrogen and oxygen atoms in total. The SMILES string of the molecule is CSc1nc(=O)[nH]c(C)c1C(=O)N1CCCC1CO. The van der Waals surface area contributed by atoms with Gasteiger partial charge in [-0.1, -0.05) is 0 Å². The van der Waals surface area contributed by atoms with E-state index in [0.717, 1.165) is 12.8 Å². The maximum absolute atomic E-state index is 12.6. The average molecular weight is 283 g/mol. The Kier molecular flexibility index (Phi) is 4.26. The van der Waals surface area contributed by atoms with Crippen LogP contribution in [0.4, 0.5) is 0 Å². The average Bonchev–Trinajstić information content (AvgIpc) is 2.85. The molecule has 0 aromatic carbocycles. The summed E-state index contributed by atoms with van der Waals surface area (Å²) in [6, 6.07) is -0.131. The van der Waals surface area contributed by atoms with Crippen LogP contribution in [0, 0.1) is 6.92 Å². The van der Waals surface area contributed by atoms with Gasteiger partial charge in [-0.25, -0.2) is 4.79 Å². The summed E-state index contributed by atoms with van der Waals surface area (Å²) in [5.41, 5.74) is 0.518. The number of nitrogens with one attached hydrogen (secondary N) is 1. The number of hydrogen-bond acceptors (Lipinski definition) is 5. The molecule has 1 unspecified atom stereocenters. The lowest BCUT2D eigenvalue weighted by Crippen LogP contribution is -2.39. The van der Waals surface area contributed by atoms with Crippen molar-refractivity contribution in [3.05, 3.63) is 21.7 Å². The summed E-state index contributed by atoms with van der Waals surface area (Å²) in [6.07, 6.45) is 3.49. The number of carbonyl (C=O) groups is 1. The first-order chi connectivity index (χ1) is 9.08. The minimum absolute atomic E-state index is 0.0316. The summed E-state index contributed by atoms with van der Waals surface area (Å²) in [7, 11) is 0. The quantitative estimate of drug-likeness (QED) is 0.619. The van der Waals surface area contributed by atoms with E-state index in [-0.39, 0.29) is 18.6 Å². The van der Waals surface area contributed by atoms with Crippen molar-refractivity contribution in [2.24, 2.45) is 0 Å². The first-order valence-electron chi connectivity index (χ1n) is 6.15. The number of aromatic nitrogens is 2. The fraction of sp³-hybridized carbons (Fsp3) is 0.583. The predicted octanol–water partition coefficient (Wildman–Crippen LogP) is 0.397. The minimum atomic E-state index is -0.446. The number of amides is 1. The van der Waals surface area contributed by atoms with E-state index in [0.29, 0.717) is 22.8 Å². The monoisotopic (exact) mass is 283 g/mol. The lowest BCUT2D eigenvalue weighted by Gasteiger charge is -2.24. The van der Waals surface area contributed by atoms with Crippen molar-refractivity contribution in [1.29, 1.82) is 0 Å². The molecule has 19 heavy (non-hydrogen) atoms. The van der Waals surface area contributed by atoms with Gasteiger partial charge in [-0.2, -0.15) is 4.98 Å². The van der Waals surface area contributed by atoms with Crippen molar-refractivity contribution in [1.82, 2.24) is 14.9 Å². The highest BCUT2D eigenvalue weighted by Crippen LogP contribution is 2.24. The van der Waals surface area contributed by atoms with E-state index in [1.165, 1.54) is 11.8 Å². The molecule has 2 heterocycles. The summed E-state index contributed by atoms with van der Waals surface area (Å²) < 4.78 is 0. The van der Waals surface area contributed by atoms with Crippen molar-refractivity contribution in [3.8, 4) is 0 Å². The van der Waals surface area contributed by atoms with Crippen LogP contribution in [0.3, 0.4) is 0 Å². The van der Waals surface area contributed by atoms with Crippen molar-refractivity contribution in [3.63, 3.8) is 0 Å². The molecule has 2 rings (SSSR count). The highest BCUT2D eigenvalue weighted by Gasteiger charge is 2.31. The van der Waals surface area contributed by atoms with Gasteiger partial charge in [0.2, 0.25) is 0 Å². The first kappa shape index (κ1) is 14.1. The minimum Gasteiger partial charge on any atom is -0.394 e. The summed E-state index contributed by atoms with van der Waals surface area (Å²) in [6.45, 7) is 2.30. The molecule has 1 aromatic heterocycles. The van der Waals surface area contributed by atoms with Gasteiger partial charge in [0, 0.05) is 12.2 Å². The van der Waals surface area contributed by atoms with Gasteiger partial charge in [0.15, 0.2) is 0 Å². The molecule has 1 aliphatic heterocycles.